The Hall–Kier alpha value is -3.87. The van der Waals surface area contributed by atoms with Gasteiger partial charge < -0.3 is 14.4 Å². The van der Waals surface area contributed by atoms with Crippen molar-refractivity contribution in [1.82, 2.24) is 14.6 Å². The van der Waals surface area contributed by atoms with Gasteiger partial charge in [0.05, 0.1) is 47.0 Å². The molecule has 1 N–H and O–H groups in total. The minimum absolute atomic E-state index is 0.0745. The monoisotopic (exact) mass is 779 g/mol. The van der Waals surface area contributed by atoms with Crippen LogP contribution in [0.3, 0.4) is 0 Å². The van der Waals surface area contributed by atoms with Crippen LogP contribution in [-0.4, -0.2) is 71.4 Å². The van der Waals surface area contributed by atoms with E-state index in [2.05, 4.69) is 9.71 Å². The Morgan fingerprint density at radius 1 is 1.11 bits per heavy atom. The minimum atomic E-state index is -3.96. The molecule has 1 saturated heterocycles. The van der Waals surface area contributed by atoms with Crippen molar-refractivity contribution in [2.45, 2.75) is 134 Å². The summed E-state index contributed by atoms with van der Waals surface area (Å²) in [5.74, 6) is -2.78. The summed E-state index contributed by atoms with van der Waals surface area (Å²) in [5.41, 5.74) is -0.424. The van der Waals surface area contributed by atoms with Crippen LogP contribution in [0, 0.1) is 35.4 Å². The van der Waals surface area contributed by atoms with Crippen LogP contribution < -0.4 is 9.46 Å². The fraction of sp³-hybridized carbons (Fsp3) is 0.643. The molecule has 7 rings (SSSR count). The van der Waals surface area contributed by atoms with Crippen molar-refractivity contribution >= 4 is 44.5 Å². The number of aromatic nitrogens is 1. The number of carbonyl (C=O) groups is 4. The van der Waals surface area contributed by atoms with E-state index in [1.807, 2.05) is 39.8 Å². The van der Waals surface area contributed by atoms with Gasteiger partial charge in [-0.2, -0.15) is 0 Å². The molecule has 11 nitrogen and oxygen atoms in total. The summed E-state index contributed by atoms with van der Waals surface area (Å²) >= 11 is 0. The van der Waals surface area contributed by atoms with Gasteiger partial charge >= 0.3 is 5.97 Å². The zero-order valence-corrected chi connectivity index (χ0v) is 33.5. The number of aryl methyl sites for hydroxylation is 2. The molecule has 0 unspecified atom stereocenters. The van der Waals surface area contributed by atoms with E-state index in [1.165, 1.54) is 12.1 Å². The van der Waals surface area contributed by atoms with Gasteiger partial charge in [-0.15, -0.1) is 0 Å². The molecule has 298 valence electrons. The van der Waals surface area contributed by atoms with Crippen molar-refractivity contribution in [2.75, 3.05) is 13.2 Å². The minimum Gasteiger partial charge on any atom is -0.483 e. The maximum absolute atomic E-state index is 14.8. The molecule has 13 heteroatoms. The van der Waals surface area contributed by atoms with Gasteiger partial charge in [-0.1, -0.05) is 45.8 Å². The highest BCUT2D eigenvalue weighted by Crippen LogP contribution is 2.58. The SMILES string of the molecule is Cc1nc2ccc(F)cc2c2c1O[C@]1(CC2)C[C@H]2C(=O)C[C@]3(C(=O)NS(=O)(=O)C4(C)CC4)C[C@H]3/C=C\CCCCC[C@H](CC(=O)OCC(C)(C)C)C(=O)N2C1. The molecule has 5 atom stereocenters. The van der Waals surface area contributed by atoms with Gasteiger partial charge in [-0.3, -0.25) is 23.9 Å². The number of ketones is 1. The fourth-order valence-electron chi connectivity index (χ4n) is 8.69. The third-order valence-electron chi connectivity index (χ3n) is 12.5. The maximum Gasteiger partial charge on any atom is 0.306 e. The molecule has 1 aromatic heterocycles. The highest BCUT2D eigenvalue weighted by molar-refractivity contribution is 7.91. The fourth-order valence-corrected chi connectivity index (χ4v) is 10.0. The van der Waals surface area contributed by atoms with Crippen LogP contribution in [0.15, 0.2) is 30.4 Å². The van der Waals surface area contributed by atoms with Crippen LogP contribution in [0.25, 0.3) is 10.9 Å². The molecule has 2 aromatic rings. The summed E-state index contributed by atoms with van der Waals surface area (Å²) in [7, 11) is -3.96. The second-order valence-corrected chi connectivity index (χ2v) is 20.5. The smallest absolute Gasteiger partial charge is 0.306 e. The van der Waals surface area contributed by atoms with Crippen LogP contribution in [0.2, 0.25) is 0 Å². The van der Waals surface area contributed by atoms with Gasteiger partial charge in [0, 0.05) is 29.7 Å². The third kappa shape index (κ3) is 7.91. The summed E-state index contributed by atoms with van der Waals surface area (Å²) in [6.07, 6.45) is 9.39. The lowest BCUT2D eigenvalue weighted by atomic mass is 9.85. The zero-order chi connectivity index (χ0) is 39.6. The summed E-state index contributed by atoms with van der Waals surface area (Å²) in [5, 5.41) is 0.653. The summed E-state index contributed by atoms with van der Waals surface area (Å²) in [6, 6.07) is 3.48. The second-order valence-electron chi connectivity index (χ2n) is 18.3. The van der Waals surface area contributed by atoms with E-state index in [0.29, 0.717) is 67.3 Å². The number of benzene rings is 1. The van der Waals surface area contributed by atoms with Crippen LogP contribution in [0.5, 0.6) is 5.75 Å². The topological polar surface area (TPSA) is 149 Å². The van der Waals surface area contributed by atoms with E-state index < -0.39 is 49.6 Å². The van der Waals surface area contributed by atoms with Crippen LogP contribution in [0.1, 0.15) is 116 Å². The molecule has 1 spiro atoms. The molecule has 0 bridgehead atoms. The van der Waals surface area contributed by atoms with Gasteiger partial charge in [0.2, 0.25) is 21.8 Å². The summed E-state index contributed by atoms with van der Waals surface area (Å²) in [4.78, 5) is 63.0. The molecule has 2 amide bonds. The van der Waals surface area contributed by atoms with Crippen molar-refractivity contribution in [2.24, 2.45) is 22.7 Å². The summed E-state index contributed by atoms with van der Waals surface area (Å²) in [6.45, 7) is 9.59. The second kappa shape index (κ2) is 14.3. The Kier molecular flexibility index (Phi) is 10.2. The number of hydrogen-bond acceptors (Lipinski definition) is 9. The number of carbonyl (C=O) groups excluding carboxylic acids is 4. The molecule has 0 radical (unpaired) electrons. The van der Waals surface area contributed by atoms with Gasteiger partial charge in [-0.25, -0.2) is 17.8 Å². The molecule has 55 heavy (non-hydrogen) atoms. The lowest BCUT2D eigenvalue weighted by Gasteiger charge is -2.36. The molecule has 3 aliphatic heterocycles. The Balaban J connectivity index is 1.22. The van der Waals surface area contributed by atoms with Crippen LogP contribution >= 0.6 is 0 Å². The van der Waals surface area contributed by atoms with Gasteiger partial charge in [-0.05, 0) is 94.7 Å². The number of rotatable bonds is 6. The Bertz CT molecular complexity index is 2060. The molecular formula is C42H54FN3O8S. The van der Waals surface area contributed by atoms with Crippen LogP contribution in [-0.2, 0) is 40.4 Å². The predicted octanol–water partition coefficient (Wildman–Crippen LogP) is 6.43. The van der Waals surface area contributed by atoms with E-state index in [9.17, 15) is 32.0 Å². The molecular weight excluding hydrogens is 726 g/mol. The van der Waals surface area contributed by atoms with Crippen molar-refractivity contribution in [3.63, 3.8) is 0 Å². The van der Waals surface area contributed by atoms with E-state index in [1.54, 1.807) is 17.9 Å². The first-order valence-electron chi connectivity index (χ1n) is 19.8. The number of Topliss-reactive ketones (excluding diaryl/α,β-unsaturated/α-hetero) is 1. The number of nitrogens with one attached hydrogen (secondary N) is 1. The first-order chi connectivity index (χ1) is 25.8. The number of halogens is 1. The van der Waals surface area contributed by atoms with Gasteiger partial charge in [0.15, 0.2) is 5.78 Å². The van der Waals surface area contributed by atoms with Crippen molar-refractivity contribution in [3.8, 4) is 5.75 Å². The normalized spacial score (nSPS) is 29.9. The van der Waals surface area contributed by atoms with E-state index in [4.69, 9.17) is 9.47 Å². The molecule has 4 heterocycles. The average molecular weight is 780 g/mol. The van der Waals surface area contributed by atoms with Gasteiger partial charge in [0.25, 0.3) is 0 Å². The number of fused-ring (bicyclic) bond motifs is 5. The average Bonchev–Trinajstić information content (AvgIpc) is 4.01. The number of esters is 1. The van der Waals surface area contributed by atoms with E-state index in [0.717, 1.165) is 24.8 Å². The Morgan fingerprint density at radius 2 is 1.87 bits per heavy atom. The number of pyridine rings is 1. The largest absolute Gasteiger partial charge is 0.483 e. The van der Waals surface area contributed by atoms with Crippen molar-refractivity contribution < 1.29 is 41.5 Å². The highest BCUT2D eigenvalue weighted by atomic mass is 32.2. The Morgan fingerprint density at radius 3 is 2.60 bits per heavy atom. The zero-order valence-electron chi connectivity index (χ0n) is 32.7. The standard InChI is InChI=1S/C42H54FN3O8S/c1-26-36-30(31-20-29(43)13-14-32(31)44-26)15-16-41(54-36)22-33-34(47)23-42(38(50)45-55(51,52)40(5)17-18-40)21-28(42)12-10-8-6-7-9-11-27(37(49)46(33)24-41)19-35(48)53-25-39(2,3)4/h10,12-14,20,27-28,33H,6-9,11,15-19,21-25H2,1-5H3,(H,45,50)/b12-10-/t27-,28-,33+,41-,42-/m1/s1. The maximum atomic E-state index is 14.8. The third-order valence-corrected chi connectivity index (χ3v) is 14.7. The number of amides is 2. The first kappa shape index (κ1) is 39.4. The molecule has 2 aliphatic carbocycles. The van der Waals surface area contributed by atoms with Crippen molar-refractivity contribution in [3.05, 3.63) is 47.4 Å². The Labute approximate surface area is 323 Å². The number of allylic oxidation sites excluding steroid dienone is 2. The molecule has 1 aromatic carbocycles. The van der Waals surface area contributed by atoms with Crippen LogP contribution in [0.4, 0.5) is 4.39 Å². The van der Waals surface area contributed by atoms with Gasteiger partial charge in [0.1, 0.15) is 17.2 Å². The first-order valence-corrected chi connectivity index (χ1v) is 21.3. The lowest BCUT2D eigenvalue weighted by molar-refractivity contribution is -0.152. The van der Waals surface area contributed by atoms with E-state index in [-0.39, 0.29) is 61.3 Å². The number of ether oxygens (including phenoxy) is 2. The van der Waals surface area contributed by atoms with Crippen molar-refractivity contribution in [1.29, 1.82) is 0 Å². The lowest BCUT2D eigenvalue weighted by Crippen LogP contribution is -2.48. The van der Waals surface area contributed by atoms with E-state index >= 15 is 0 Å². The quantitative estimate of drug-likeness (QED) is 0.259. The highest BCUT2D eigenvalue weighted by Gasteiger charge is 2.63. The number of sulfonamides is 1. The molecule has 2 saturated carbocycles. The predicted molar refractivity (Wildman–Crippen MR) is 204 cm³/mol. The molecule has 5 aliphatic rings. The number of nitrogens with zero attached hydrogens (tertiary/aromatic N) is 2. The molecule has 3 fully saturated rings. The summed E-state index contributed by atoms with van der Waals surface area (Å²) < 4.78 is 54.6. The number of hydrogen-bond donors (Lipinski definition) is 1.